The first-order chi connectivity index (χ1) is 7.56. The second kappa shape index (κ2) is 5.99. The Morgan fingerprint density at radius 1 is 1.62 bits per heavy atom. The molecule has 1 heterocycles. The van der Waals surface area contributed by atoms with E-state index in [-0.39, 0.29) is 11.8 Å². The van der Waals surface area contributed by atoms with Crippen LogP contribution >= 0.6 is 11.3 Å². The Balaban J connectivity index is 2.74. The van der Waals surface area contributed by atoms with E-state index >= 15 is 0 Å². The lowest BCUT2D eigenvalue weighted by Crippen LogP contribution is -2.20. The van der Waals surface area contributed by atoms with Crippen molar-refractivity contribution in [1.29, 1.82) is 0 Å². The van der Waals surface area contributed by atoms with Crippen LogP contribution < -0.4 is 0 Å². The topological polar surface area (TPSA) is 50.2 Å². The summed E-state index contributed by atoms with van der Waals surface area (Å²) in [5.41, 5.74) is 0.922. The van der Waals surface area contributed by atoms with E-state index < -0.39 is 5.97 Å². The van der Waals surface area contributed by atoms with Crippen molar-refractivity contribution in [3.8, 4) is 0 Å². The number of carboxylic acids is 1. The molecule has 3 nitrogen and oxygen atoms in total. The fraction of sp³-hybridized carbons (Fsp3) is 0.667. The highest BCUT2D eigenvalue weighted by molar-refractivity contribution is 7.09. The molecule has 1 aromatic heterocycles. The minimum atomic E-state index is -0.702. The van der Waals surface area contributed by atoms with E-state index in [4.69, 9.17) is 0 Å². The predicted octanol–water partition coefficient (Wildman–Crippen LogP) is 3.45. The van der Waals surface area contributed by atoms with Gasteiger partial charge in [-0.05, 0) is 13.3 Å². The summed E-state index contributed by atoms with van der Waals surface area (Å²) in [6.45, 7) is 5.99. The highest BCUT2D eigenvalue weighted by Gasteiger charge is 2.26. The van der Waals surface area contributed by atoms with Crippen LogP contribution in [0.3, 0.4) is 0 Å². The summed E-state index contributed by atoms with van der Waals surface area (Å²) >= 11 is 1.58. The summed E-state index contributed by atoms with van der Waals surface area (Å²) in [6.07, 6.45) is 2.74. The Kier molecular flexibility index (Phi) is 4.93. The van der Waals surface area contributed by atoms with Gasteiger partial charge in [0, 0.05) is 11.3 Å². The normalized spacial score (nSPS) is 14.7. The van der Waals surface area contributed by atoms with Crippen molar-refractivity contribution in [2.45, 2.75) is 46.0 Å². The van der Waals surface area contributed by atoms with Crippen molar-refractivity contribution in [3.05, 3.63) is 16.1 Å². The van der Waals surface area contributed by atoms with Gasteiger partial charge in [-0.15, -0.1) is 11.3 Å². The summed E-state index contributed by atoms with van der Waals surface area (Å²) < 4.78 is 0. The molecule has 0 aliphatic heterocycles. The maximum absolute atomic E-state index is 11.2. The monoisotopic (exact) mass is 241 g/mol. The molecule has 2 atom stereocenters. The number of hydrogen-bond acceptors (Lipinski definition) is 3. The summed E-state index contributed by atoms with van der Waals surface area (Å²) in [7, 11) is 0. The maximum atomic E-state index is 11.2. The Labute approximate surface area is 101 Å². The Hall–Kier alpha value is -0.900. The molecule has 0 fully saturated rings. The lowest BCUT2D eigenvalue weighted by atomic mass is 9.87. The van der Waals surface area contributed by atoms with Crippen LogP contribution in [0.2, 0.25) is 0 Å². The molecule has 16 heavy (non-hydrogen) atoms. The Bertz CT molecular complexity index is 349. The van der Waals surface area contributed by atoms with Crippen LogP contribution in [0.25, 0.3) is 0 Å². The molecule has 4 heteroatoms. The number of aryl methyl sites for hydroxylation is 1. The predicted molar refractivity (Wildman–Crippen MR) is 65.9 cm³/mol. The number of carboxylic acid groups (broad SMARTS) is 1. The molecule has 0 aromatic carbocycles. The van der Waals surface area contributed by atoms with E-state index in [2.05, 4.69) is 11.9 Å². The van der Waals surface area contributed by atoms with Gasteiger partial charge in [0.05, 0.1) is 16.6 Å². The van der Waals surface area contributed by atoms with Gasteiger partial charge in [0.25, 0.3) is 0 Å². The number of thiazole rings is 1. The largest absolute Gasteiger partial charge is 0.481 e. The molecule has 1 aromatic rings. The number of rotatable bonds is 6. The summed E-state index contributed by atoms with van der Waals surface area (Å²) in [5, 5.41) is 12.2. The van der Waals surface area contributed by atoms with E-state index in [0.29, 0.717) is 0 Å². The van der Waals surface area contributed by atoms with Gasteiger partial charge in [0.15, 0.2) is 0 Å². The first-order valence-corrected chi connectivity index (χ1v) is 6.59. The third kappa shape index (κ3) is 3.30. The van der Waals surface area contributed by atoms with Crippen LogP contribution in [-0.2, 0) is 4.79 Å². The molecule has 0 amide bonds. The maximum Gasteiger partial charge on any atom is 0.307 e. The van der Waals surface area contributed by atoms with E-state index in [1.807, 2.05) is 19.2 Å². The van der Waals surface area contributed by atoms with Crippen molar-refractivity contribution < 1.29 is 9.90 Å². The molecule has 2 unspecified atom stereocenters. The molecule has 0 spiro atoms. The molecule has 0 bridgehead atoms. The summed E-state index contributed by atoms with van der Waals surface area (Å²) in [4.78, 5) is 15.6. The molecule has 0 aliphatic carbocycles. The molecule has 1 rings (SSSR count). The van der Waals surface area contributed by atoms with Gasteiger partial charge in [-0.2, -0.15) is 0 Å². The standard InChI is InChI=1S/C12H19NO2S/c1-4-5-6-10(12(14)15)8(2)11-7-16-9(3)13-11/h7-8,10H,4-6H2,1-3H3,(H,14,15). The zero-order valence-electron chi connectivity index (χ0n) is 10.1. The summed E-state index contributed by atoms with van der Waals surface area (Å²) in [6, 6.07) is 0. The van der Waals surface area contributed by atoms with Crippen molar-refractivity contribution in [2.24, 2.45) is 5.92 Å². The van der Waals surface area contributed by atoms with E-state index in [1.165, 1.54) is 0 Å². The van der Waals surface area contributed by atoms with Crippen LogP contribution in [0, 0.1) is 12.8 Å². The van der Waals surface area contributed by atoms with Gasteiger partial charge in [-0.1, -0.05) is 26.7 Å². The lowest BCUT2D eigenvalue weighted by Gasteiger charge is -2.18. The van der Waals surface area contributed by atoms with Gasteiger partial charge in [0.2, 0.25) is 0 Å². The minimum absolute atomic E-state index is 0.00833. The fourth-order valence-electron chi connectivity index (χ4n) is 1.81. The molecular formula is C12H19NO2S. The van der Waals surface area contributed by atoms with Gasteiger partial charge in [-0.3, -0.25) is 4.79 Å². The van der Waals surface area contributed by atoms with Crippen molar-refractivity contribution in [1.82, 2.24) is 4.98 Å². The van der Waals surface area contributed by atoms with Crippen molar-refractivity contribution >= 4 is 17.3 Å². The lowest BCUT2D eigenvalue weighted by molar-refractivity contribution is -0.142. The number of aliphatic carboxylic acids is 1. The van der Waals surface area contributed by atoms with Crippen LogP contribution in [0.5, 0.6) is 0 Å². The third-order valence-electron chi connectivity index (χ3n) is 2.89. The zero-order chi connectivity index (χ0) is 12.1. The Morgan fingerprint density at radius 2 is 2.31 bits per heavy atom. The average Bonchev–Trinajstić information content (AvgIpc) is 2.64. The summed E-state index contributed by atoms with van der Waals surface area (Å²) in [5.74, 6) is -0.998. The van der Waals surface area contributed by atoms with E-state index in [9.17, 15) is 9.90 Å². The highest BCUT2D eigenvalue weighted by Crippen LogP contribution is 2.29. The Morgan fingerprint density at radius 3 is 2.75 bits per heavy atom. The van der Waals surface area contributed by atoms with Gasteiger partial charge >= 0.3 is 5.97 Å². The molecular weight excluding hydrogens is 222 g/mol. The van der Waals surface area contributed by atoms with Gasteiger partial charge < -0.3 is 5.11 Å². The quantitative estimate of drug-likeness (QED) is 0.830. The number of unbranched alkanes of at least 4 members (excludes halogenated alkanes) is 1. The fourth-order valence-corrected chi connectivity index (χ4v) is 2.52. The second-order valence-electron chi connectivity index (χ2n) is 4.17. The molecule has 0 radical (unpaired) electrons. The van der Waals surface area contributed by atoms with Crippen LogP contribution in [0.15, 0.2) is 5.38 Å². The number of aromatic nitrogens is 1. The number of hydrogen-bond donors (Lipinski definition) is 1. The molecule has 1 N–H and O–H groups in total. The zero-order valence-corrected chi connectivity index (χ0v) is 10.9. The van der Waals surface area contributed by atoms with Crippen LogP contribution in [0.1, 0.15) is 49.7 Å². The molecule has 90 valence electrons. The van der Waals surface area contributed by atoms with Gasteiger partial charge in [-0.25, -0.2) is 4.98 Å². The van der Waals surface area contributed by atoms with Crippen LogP contribution in [0.4, 0.5) is 0 Å². The van der Waals surface area contributed by atoms with E-state index in [1.54, 1.807) is 11.3 Å². The third-order valence-corrected chi connectivity index (χ3v) is 3.68. The molecule has 0 aliphatic rings. The van der Waals surface area contributed by atoms with Gasteiger partial charge in [0.1, 0.15) is 0 Å². The number of nitrogens with zero attached hydrogens (tertiary/aromatic N) is 1. The van der Waals surface area contributed by atoms with Crippen LogP contribution in [-0.4, -0.2) is 16.1 Å². The van der Waals surface area contributed by atoms with Crippen molar-refractivity contribution in [2.75, 3.05) is 0 Å². The smallest absolute Gasteiger partial charge is 0.307 e. The SMILES string of the molecule is CCCCC(C(=O)O)C(C)c1csc(C)n1. The second-order valence-corrected chi connectivity index (χ2v) is 5.23. The molecule has 0 saturated heterocycles. The van der Waals surface area contributed by atoms with Crippen molar-refractivity contribution in [3.63, 3.8) is 0 Å². The minimum Gasteiger partial charge on any atom is -0.481 e. The first-order valence-electron chi connectivity index (χ1n) is 5.71. The average molecular weight is 241 g/mol. The van der Waals surface area contributed by atoms with E-state index in [0.717, 1.165) is 30.0 Å². The number of carbonyl (C=O) groups is 1. The highest BCUT2D eigenvalue weighted by atomic mass is 32.1. The molecule has 0 saturated carbocycles. The first kappa shape index (κ1) is 13.2.